The fourth-order valence-electron chi connectivity index (χ4n) is 3.29. The molecule has 1 aromatic heterocycles. The molecule has 0 aliphatic heterocycles. The molecule has 0 fully saturated rings. The number of hydrogen-bond acceptors (Lipinski definition) is 6. The number of rotatable bonds is 10. The third-order valence-electron chi connectivity index (χ3n) is 5.06. The predicted molar refractivity (Wildman–Crippen MR) is 116 cm³/mol. The van der Waals surface area contributed by atoms with E-state index in [0.29, 0.717) is 35.7 Å². The summed E-state index contributed by atoms with van der Waals surface area (Å²) >= 11 is 0. The molecule has 0 saturated carbocycles. The molecule has 0 bridgehead atoms. The highest BCUT2D eigenvalue weighted by molar-refractivity contribution is 5.99. The lowest BCUT2D eigenvalue weighted by Crippen LogP contribution is -2.29. The summed E-state index contributed by atoms with van der Waals surface area (Å²) in [6.45, 7) is 7.12. The topological polar surface area (TPSA) is 104 Å². The maximum Gasteiger partial charge on any atom is 0.287 e. The van der Waals surface area contributed by atoms with Crippen LogP contribution in [0, 0.1) is 0 Å². The van der Waals surface area contributed by atoms with Crippen LogP contribution >= 0.6 is 0 Å². The minimum atomic E-state index is -0.592. The first-order valence-corrected chi connectivity index (χ1v) is 10.3. The molecule has 31 heavy (non-hydrogen) atoms. The summed E-state index contributed by atoms with van der Waals surface area (Å²) in [6.07, 6.45) is 0. The first kappa shape index (κ1) is 22.3. The zero-order chi connectivity index (χ0) is 22.2. The van der Waals surface area contributed by atoms with Gasteiger partial charge in [0.05, 0.1) is 6.54 Å². The third kappa shape index (κ3) is 5.42. The number of nitrogens with one attached hydrogen (secondary N) is 2. The molecule has 0 atom stereocenters. The lowest BCUT2D eigenvalue weighted by Gasteiger charge is -2.18. The van der Waals surface area contributed by atoms with Crippen LogP contribution in [0.2, 0.25) is 0 Å². The zero-order valence-corrected chi connectivity index (χ0v) is 17.7. The molecular weight excluding hydrogens is 398 g/mol. The molecule has 2 amide bonds. The molecule has 0 aliphatic carbocycles. The van der Waals surface area contributed by atoms with E-state index in [1.165, 1.54) is 12.1 Å². The molecule has 8 nitrogen and oxygen atoms in total. The second-order valence-corrected chi connectivity index (χ2v) is 6.94. The van der Waals surface area contributed by atoms with Gasteiger partial charge < -0.3 is 14.5 Å². The number of carbonyl (C=O) groups is 2. The van der Waals surface area contributed by atoms with E-state index in [1.807, 2.05) is 24.3 Å². The Kier molecular flexibility index (Phi) is 7.64. The Labute approximate surface area is 180 Å². The van der Waals surface area contributed by atoms with Gasteiger partial charge in [-0.2, -0.15) is 0 Å². The first-order chi connectivity index (χ1) is 15.1. The number of furan rings is 1. The SMILES string of the molecule is CCN(CC)Cc1c(C(=O)NCCOc2ccc(C(=O)NO)cc2)oc2ccccc12. The molecule has 0 saturated heterocycles. The van der Waals surface area contributed by atoms with E-state index >= 15 is 0 Å². The van der Waals surface area contributed by atoms with Crippen LogP contribution in [0.5, 0.6) is 5.75 Å². The Bertz CT molecular complexity index is 1030. The van der Waals surface area contributed by atoms with Crippen molar-refractivity contribution >= 4 is 22.8 Å². The molecule has 164 valence electrons. The third-order valence-corrected chi connectivity index (χ3v) is 5.06. The second-order valence-electron chi connectivity index (χ2n) is 6.94. The van der Waals surface area contributed by atoms with Gasteiger partial charge in [-0.25, -0.2) is 5.48 Å². The van der Waals surface area contributed by atoms with Crippen molar-refractivity contribution in [1.82, 2.24) is 15.7 Å². The van der Waals surface area contributed by atoms with Crippen LogP contribution < -0.4 is 15.5 Å². The van der Waals surface area contributed by atoms with Crippen molar-refractivity contribution in [3.05, 3.63) is 65.4 Å². The Morgan fingerprint density at radius 3 is 2.42 bits per heavy atom. The predicted octanol–water partition coefficient (Wildman–Crippen LogP) is 3.20. The summed E-state index contributed by atoms with van der Waals surface area (Å²) in [6, 6.07) is 14.0. The monoisotopic (exact) mass is 425 g/mol. The molecule has 8 heteroatoms. The summed E-state index contributed by atoms with van der Waals surface area (Å²) < 4.78 is 11.5. The number of hydrogen-bond donors (Lipinski definition) is 3. The van der Waals surface area contributed by atoms with Crippen LogP contribution in [0.3, 0.4) is 0 Å². The standard InChI is InChI=1S/C23H27N3O5/c1-3-26(4-2)15-19-18-7-5-6-8-20(18)31-21(19)23(28)24-13-14-30-17-11-9-16(10-12-17)22(27)25-29/h5-12,29H,3-4,13-15H2,1-2H3,(H,24,28)(H,25,27). The summed E-state index contributed by atoms with van der Waals surface area (Å²) in [7, 11) is 0. The van der Waals surface area contributed by atoms with E-state index < -0.39 is 5.91 Å². The number of para-hydroxylation sites is 1. The Morgan fingerprint density at radius 1 is 1.03 bits per heavy atom. The summed E-state index contributed by atoms with van der Waals surface area (Å²) in [5, 5.41) is 12.4. The number of ether oxygens (including phenoxy) is 1. The van der Waals surface area contributed by atoms with Crippen molar-refractivity contribution in [2.24, 2.45) is 0 Å². The van der Waals surface area contributed by atoms with Gasteiger partial charge in [-0.3, -0.25) is 19.7 Å². The maximum atomic E-state index is 12.8. The van der Waals surface area contributed by atoms with Gasteiger partial charge in [0.25, 0.3) is 11.8 Å². The van der Waals surface area contributed by atoms with E-state index in [0.717, 1.165) is 24.0 Å². The van der Waals surface area contributed by atoms with Crippen LogP contribution in [0.4, 0.5) is 0 Å². The number of carbonyl (C=O) groups excluding carboxylic acids is 2. The summed E-state index contributed by atoms with van der Waals surface area (Å²) in [4.78, 5) is 26.4. The molecule has 0 aliphatic rings. The largest absolute Gasteiger partial charge is 0.492 e. The zero-order valence-electron chi connectivity index (χ0n) is 17.7. The number of fused-ring (bicyclic) bond motifs is 1. The number of benzene rings is 2. The minimum Gasteiger partial charge on any atom is -0.492 e. The quantitative estimate of drug-likeness (QED) is 0.262. The molecule has 3 aromatic rings. The van der Waals surface area contributed by atoms with Crippen LogP contribution in [-0.4, -0.2) is 48.2 Å². The number of amides is 2. The van der Waals surface area contributed by atoms with Crippen LogP contribution in [0.1, 0.15) is 40.3 Å². The molecule has 3 N–H and O–H groups in total. The smallest absolute Gasteiger partial charge is 0.287 e. The summed E-state index contributed by atoms with van der Waals surface area (Å²) in [5.74, 6) is 0.00394. The lowest BCUT2D eigenvalue weighted by atomic mass is 10.1. The van der Waals surface area contributed by atoms with E-state index in [-0.39, 0.29) is 12.5 Å². The van der Waals surface area contributed by atoms with Crippen molar-refractivity contribution in [2.45, 2.75) is 20.4 Å². The van der Waals surface area contributed by atoms with Gasteiger partial charge in [-0.05, 0) is 43.4 Å². The fraction of sp³-hybridized carbons (Fsp3) is 0.304. The summed E-state index contributed by atoms with van der Waals surface area (Å²) in [5.41, 5.74) is 3.47. The second kappa shape index (κ2) is 10.6. The average Bonchev–Trinajstić information content (AvgIpc) is 3.18. The Morgan fingerprint density at radius 2 is 1.74 bits per heavy atom. The molecule has 2 aromatic carbocycles. The molecule has 0 radical (unpaired) electrons. The maximum absolute atomic E-state index is 12.8. The van der Waals surface area contributed by atoms with Crippen LogP contribution in [0.25, 0.3) is 11.0 Å². The van der Waals surface area contributed by atoms with Gasteiger partial charge in [0, 0.05) is 23.1 Å². The molecular formula is C23H27N3O5. The van der Waals surface area contributed by atoms with Gasteiger partial charge in [0.1, 0.15) is 17.9 Å². The van der Waals surface area contributed by atoms with E-state index in [9.17, 15) is 9.59 Å². The first-order valence-electron chi connectivity index (χ1n) is 10.3. The molecule has 0 spiro atoms. The van der Waals surface area contributed by atoms with Gasteiger partial charge in [-0.1, -0.05) is 32.0 Å². The van der Waals surface area contributed by atoms with Crippen molar-refractivity contribution in [2.75, 3.05) is 26.2 Å². The van der Waals surface area contributed by atoms with Gasteiger partial charge >= 0.3 is 0 Å². The van der Waals surface area contributed by atoms with Gasteiger partial charge in [0.2, 0.25) is 0 Å². The van der Waals surface area contributed by atoms with E-state index in [1.54, 1.807) is 17.6 Å². The lowest BCUT2D eigenvalue weighted by molar-refractivity contribution is 0.0706. The van der Waals surface area contributed by atoms with E-state index in [4.69, 9.17) is 14.4 Å². The average molecular weight is 425 g/mol. The highest BCUT2D eigenvalue weighted by Crippen LogP contribution is 2.27. The van der Waals surface area contributed by atoms with Crippen LogP contribution in [-0.2, 0) is 6.54 Å². The minimum absolute atomic E-state index is 0.253. The van der Waals surface area contributed by atoms with Crippen molar-refractivity contribution in [3.63, 3.8) is 0 Å². The van der Waals surface area contributed by atoms with Crippen molar-refractivity contribution in [3.8, 4) is 5.75 Å². The number of hydroxylamine groups is 1. The van der Waals surface area contributed by atoms with Crippen molar-refractivity contribution < 1.29 is 24.0 Å². The molecule has 1 heterocycles. The highest BCUT2D eigenvalue weighted by atomic mass is 16.5. The van der Waals surface area contributed by atoms with Gasteiger partial charge in [-0.15, -0.1) is 0 Å². The molecule has 3 rings (SSSR count). The normalized spacial score (nSPS) is 11.0. The van der Waals surface area contributed by atoms with Crippen LogP contribution in [0.15, 0.2) is 52.9 Å². The number of nitrogens with zero attached hydrogens (tertiary/aromatic N) is 1. The van der Waals surface area contributed by atoms with E-state index in [2.05, 4.69) is 24.1 Å². The highest BCUT2D eigenvalue weighted by Gasteiger charge is 2.21. The van der Waals surface area contributed by atoms with Gasteiger partial charge in [0.15, 0.2) is 5.76 Å². The Balaban J connectivity index is 1.62. The molecule has 0 unspecified atom stereocenters. The fourth-order valence-corrected chi connectivity index (χ4v) is 3.29. The Hall–Kier alpha value is -3.36. The van der Waals surface area contributed by atoms with Crippen molar-refractivity contribution in [1.29, 1.82) is 0 Å².